The van der Waals surface area contributed by atoms with E-state index in [1.54, 1.807) is 25.1 Å². The van der Waals surface area contributed by atoms with Gasteiger partial charge in [0, 0.05) is 0 Å². The molecule has 5 nitrogen and oxygen atoms in total. The van der Waals surface area contributed by atoms with Gasteiger partial charge in [0.2, 0.25) is 0 Å². The number of urea groups is 1. The van der Waals surface area contributed by atoms with Crippen molar-refractivity contribution in [2.45, 2.75) is 25.3 Å². The second-order valence-corrected chi connectivity index (χ2v) is 8.72. The zero-order valence-electron chi connectivity index (χ0n) is 16.0. The van der Waals surface area contributed by atoms with E-state index in [0.29, 0.717) is 15.6 Å². The molecule has 0 N–H and O–H groups in total. The number of carbonyl (C=O) groups is 1. The average Bonchev–Trinajstić information content (AvgIpc) is 2.69. The molecule has 1 aliphatic heterocycles. The van der Waals surface area contributed by atoms with Crippen LogP contribution in [0.5, 0.6) is 0 Å². The Labute approximate surface area is 169 Å². The lowest BCUT2D eigenvalue weighted by Crippen LogP contribution is -2.50. The first-order chi connectivity index (χ1) is 13.8. The molecule has 0 aliphatic carbocycles. The standard InChI is InChI=1S/C22H19FN2O3S/c1-15-7-3-4-8-17(15)14-24-20-9-5-6-10-21(20)29(27,28)25(22(24)26)18-12-11-16(2)19(23)13-18/h3-13H,14H2,1-2H3. The van der Waals surface area contributed by atoms with E-state index in [2.05, 4.69) is 0 Å². The minimum atomic E-state index is -4.17. The number of rotatable bonds is 3. The monoisotopic (exact) mass is 410 g/mol. The Morgan fingerprint density at radius 3 is 2.31 bits per heavy atom. The molecule has 4 rings (SSSR count). The molecule has 0 saturated heterocycles. The Hall–Kier alpha value is -3.19. The summed E-state index contributed by atoms with van der Waals surface area (Å²) in [6, 6.07) is 17.2. The highest BCUT2D eigenvalue weighted by Crippen LogP contribution is 2.38. The van der Waals surface area contributed by atoms with Crippen LogP contribution in [0.15, 0.2) is 71.6 Å². The van der Waals surface area contributed by atoms with Gasteiger partial charge in [-0.25, -0.2) is 17.6 Å². The molecule has 3 aromatic carbocycles. The van der Waals surface area contributed by atoms with Crippen LogP contribution in [-0.2, 0) is 16.6 Å². The zero-order valence-corrected chi connectivity index (χ0v) is 16.8. The Morgan fingerprint density at radius 2 is 1.59 bits per heavy atom. The number of nitrogens with zero attached hydrogens (tertiary/aromatic N) is 2. The third-order valence-electron chi connectivity index (χ3n) is 5.06. The van der Waals surface area contributed by atoms with Crippen LogP contribution in [0.4, 0.5) is 20.6 Å². The molecule has 0 aromatic heterocycles. The summed E-state index contributed by atoms with van der Waals surface area (Å²) in [6.07, 6.45) is 0. The van der Waals surface area contributed by atoms with E-state index in [4.69, 9.17) is 0 Å². The number of halogens is 1. The van der Waals surface area contributed by atoms with Crippen LogP contribution in [0.25, 0.3) is 0 Å². The molecule has 1 heterocycles. The van der Waals surface area contributed by atoms with Crippen molar-refractivity contribution < 1.29 is 17.6 Å². The molecule has 0 atom stereocenters. The number of benzene rings is 3. The van der Waals surface area contributed by atoms with Gasteiger partial charge in [-0.3, -0.25) is 4.90 Å². The Bertz CT molecular complexity index is 1220. The molecule has 0 saturated carbocycles. The van der Waals surface area contributed by atoms with Crippen LogP contribution in [0.1, 0.15) is 16.7 Å². The summed E-state index contributed by atoms with van der Waals surface area (Å²) >= 11 is 0. The van der Waals surface area contributed by atoms with Gasteiger partial charge in [0.15, 0.2) is 0 Å². The van der Waals surface area contributed by atoms with Crippen molar-refractivity contribution in [3.05, 3.63) is 89.2 Å². The smallest absolute Gasteiger partial charge is 0.287 e. The van der Waals surface area contributed by atoms with Crippen molar-refractivity contribution >= 4 is 27.4 Å². The number of anilines is 2. The summed E-state index contributed by atoms with van der Waals surface area (Å²) in [4.78, 5) is 14.8. The number of para-hydroxylation sites is 1. The molecule has 0 fully saturated rings. The lowest BCUT2D eigenvalue weighted by atomic mass is 10.1. The van der Waals surface area contributed by atoms with Crippen molar-refractivity contribution in [2.24, 2.45) is 0 Å². The fourth-order valence-electron chi connectivity index (χ4n) is 3.38. The maximum Gasteiger partial charge on any atom is 0.343 e. The largest absolute Gasteiger partial charge is 0.343 e. The average molecular weight is 410 g/mol. The second-order valence-electron chi connectivity index (χ2n) is 6.97. The van der Waals surface area contributed by atoms with Gasteiger partial charge in [-0.15, -0.1) is 0 Å². The van der Waals surface area contributed by atoms with Crippen molar-refractivity contribution in [1.82, 2.24) is 0 Å². The molecule has 0 unspecified atom stereocenters. The summed E-state index contributed by atoms with van der Waals surface area (Å²) in [5.41, 5.74) is 2.53. The Balaban J connectivity index is 1.89. The van der Waals surface area contributed by atoms with Crippen molar-refractivity contribution in [3.63, 3.8) is 0 Å². The normalized spacial score (nSPS) is 15.3. The molecule has 3 aromatic rings. The van der Waals surface area contributed by atoms with Gasteiger partial charge < -0.3 is 0 Å². The third-order valence-corrected chi connectivity index (χ3v) is 6.81. The predicted octanol–water partition coefficient (Wildman–Crippen LogP) is 4.78. The molecule has 29 heavy (non-hydrogen) atoms. The number of fused-ring (bicyclic) bond motifs is 1. The minimum Gasteiger partial charge on any atom is -0.287 e. The summed E-state index contributed by atoms with van der Waals surface area (Å²) in [5.74, 6) is -0.574. The van der Waals surface area contributed by atoms with Gasteiger partial charge in [0.1, 0.15) is 10.7 Å². The molecule has 0 bridgehead atoms. The summed E-state index contributed by atoms with van der Waals surface area (Å²) < 4.78 is 41.3. The maximum absolute atomic E-state index is 14.2. The van der Waals surface area contributed by atoms with Gasteiger partial charge in [-0.05, 0) is 54.8 Å². The lowest BCUT2D eigenvalue weighted by molar-refractivity contribution is 0.253. The van der Waals surface area contributed by atoms with Gasteiger partial charge >= 0.3 is 6.03 Å². The quantitative estimate of drug-likeness (QED) is 0.625. The molecule has 0 spiro atoms. The zero-order chi connectivity index (χ0) is 20.8. The number of hydrogen-bond donors (Lipinski definition) is 0. The van der Waals surface area contributed by atoms with Crippen LogP contribution in [0.3, 0.4) is 0 Å². The summed E-state index contributed by atoms with van der Waals surface area (Å²) in [6.45, 7) is 3.70. The number of carbonyl (C=O) groups excluding carboxylic acids is 1. The number of hydrogen-bond acceptors (Lipinski definition) is 3. The highest BCUT2D eigenvalue weighted by molar-refractivity contribution is 7.94. The topological polar surface area (TPSA) is 57.7 Å². The first kappa shape index (κ1) is 19.1. The van der Waals surface area contributed by atoms with Crippen LogP contribution >= 0.6 is 0 Å². The van der Waals surface area contributed by atoms with Gasteiger partial charge in [0.05, 0.1) is 17.9 Å². The van der Waals surface area contributed by atoms with E-state index < -0.39 is 21.9 Å². The Morgan fingerprint density at radius 1 is 0.897 bits per heavy atom. The van der Waals surface area contributed by atoms with E-state index in [1.165, 1.54) is 23.1 Å². The van der Waals surface area contributed by atoms with E-state index in [-0.39, 0.29) is 17.1 Å². The molecular weight excluding hydrogens is 391 g/mol. The fourth-order valence-corrected chi connectivity index (χ4v) is 4.97. The van der Waals surface area contributed by atoms with Crippen molar-refractivity contribution in [2.75, 3.05) is 9.21 Å². The highest BCUT2D eigenvalue weighted by Gasteiger charge is 2.42. The molecule has 1 aliphatic rings. The van der Waals surface area contributed by atoms with Crippen LogP contribution < -0.4 is 9.21 Å². The second kappa shape index (κ2) is 7.00. The third kappa shape index (κ3) is 3.17. The maximum atomic E-state index is 14.2. The molecule has 0 radical (unpaired) electrons. The van der Waals surface area contributed by atoms with E-state index >= 15 is 0 Å². The Kier molecular flexibility index (Phi) is 4.62. The fraction of sp³-hybridized carbons (Fsp3) is 0.136. The summed E-state index contributed by atoms with van der Waals surface area (Å²) in [7, 11) is -4.17. The van der Waals surface area contributed by atoms with E-state index in [1.807, 2.05) is 31.2 Å². The number of aryl methyl sites for hydroxylation is 2. The van der Waals surface area contributed by atoms with Crippen LogP contribution in [0, 0.1) is 19.7 Å². The minimum absolute atomic E-state index is 0.00849. The van der Waals surface area contributed by atoms with Crippen LogP contribution in [0.2, 0.25) is 0 Å². The highest BCUT2D eigenvalue weighted by atomic mass is 32.2. The molecule has 7 heteroatoms. The first-order valence-electron chi connectivity index (χ1n) is 9.07. The predicted molar refractivity (Wildman–Crippen MR) is 110 cm³/mol. The molecular formula is C22H19FN2O3S. The van der Waals surface area contributed by atoms with E-state index in [0.717, 1.165) is 17.2 Å². The first-order valence-corrected chi connectivity index (χ1v) is 10.5. The van der Waals surface area contributed by atoms with Gasteiger partial charge in [0.25, 0.3) is 10.0 Å². The lowest BCUT2D eigenvalue weighted by Gasteiger charge is -2.36. The molecule has 148 valence electrons. The van der Waals surface area contributed by atoms with E-state index in [9.17, 15) is 17.6 Å². The van der Waals surface area contributed by atoms with Crippen LogP contribution in [-0.4, -0.2) is 14.4 Å². The van der Waals surface area contributed by atoms with Gasteiger partial charge in [-0.2, -0.15) is 4.31 Å². The number of amides is 2. The van der Waals surface area contributed by atoms with Gasteiger partial charge in [-0.1, -0.05) is 42.5 Å². The molecule has 2 amide bonds. The van der Waals surface area contributed by atoms with Crippen molar-refractivity contribution in [1.29, 1.82) is 0 Å². The summed E-state index contributed by atoms with van der Waals surface area (Å²) in [5, 5.41) is 0. The number of sulfonamides is 1. The SMILES string of the molecule is Cc1ccc(N2C(=O)N(Cc3ccccc3C)c3ccccc3S2(=O)=O)cc1F. The van der Waals surface area contributed by atoms with Crippen molar-refractivity contribution in [3.8, 4) is 0 Å².